The zero-order valence-electron chi connectivity index (χ0n) is 8.56. The van der Waals surface area contributed by atoms with Crippen LogP contribution in [-0.2, 0) is 0 Å². The Kier molecular flexibility index (Phi) is 3.29. The first-order valence-corrected chi connectivity index (χ1v) is 4.90. The van der Waals surface area contributed by atoms with Gasteiger partial charge in [0.15, 0.2) is 5.96 Å². The van der Waals surface area contributed by atoms with Crippen molar-refractivity contribution in [2.75, 3.05) is 0 Å². The van der Waals surface area contributed by atoms with Crippen LogP contribution in [-0.4, -0.2) is 24.0 Å². The van der Waals surface area contributed by atoms with Crippen LogP contribution < -0.4 is 11.1 Å². The molecule has 1 aliphatic carbocycles. The molecule has 0 aromatic rings. The number of hydrogen-bond acceptors (Lipinski definition) is 1. The maximum absolute atomic E-state index is 12.4. The molecule has 0 bridgehead atoms. The summed E-state index contributed by atoms with van der Waals surface area (Å²) < 4.78 is 24.9. The van der Waals surface area contributed by atoms with Gasteiger partial charge in [-0.1, -0.05) is 6.92 Å². The fourth-order valence-electron chi connectivity index (χ4n) is 1.31. The maximum Gasteiger partial charge on any atom is 0.252 e. The molecule has 0 aromatic heterocycles. The summed E-state index contributed by atoms with van der Waals surface area (Å²) in [5, 5.41) is 2.94. The fourth-order valence-corrected chi connectivity index (χ4v) is 1.31. The van der Waals surface area contributed by atoms with Gasteiger partial charge in [0.25, 0.3) is 5.92 Å². The second-order valence-electron chi connectivity index (χ2n) is 3.89. The summed E-state index contributed by atoms with van der Waals surface area (Å²) >= 11 is 0. The van der Waals surface area contributed by atoms with Crippen LogP contribution in [0.2, 0.25) is 0 Å². The molecule has 1 fully saturated rings. The third kappa shape index (κ3) is 3.12. The fraction of sp³-hybridized carbons (Fsp3) is 0.889. The van der Waals surface area contributed by atoms with Crippen LogP contribution in [0.4, 0.5) is 8.78 Å². The lowest BCUT2D eigenvalue weighted by Gasteiger charge is -2.32. The number of nitrogens with zero attached hydrogens (tertiary/aromatic N) is 1. The third-order valence-corrected chi connectivity index (χ3v) is 2.40. The van der Waals surface area contributed by atoms with Crippen LogP contribution in [0.15, 0.2) is 4.99 Å². The van der Waals surface area contributed by atoms with E-state index in [1.807, 2.05) is 13.8 Å². The molecule has 0 radical (unpaired) electrons. The number of hydrogen-bond donors (Lipinski definition) is 2. The monoisotopic (exact) mass is 205 g/mol. The lowest BCUT2D eigenvalue weighted by Crippen LogP contribution is -2.43. The average molecular weight is 205 g/mol. The van der Waals surface area contributed by atoms with Gasteiger partial charge in [0.1, 0.15) is 0 Å². The molecule has 1 saturated carbocycles. The lowest BCUT2D eigenvalue weighted by atomic mass is 9.89. The van der Waals surface area contributed by atoms with Crippen molar-refractivity contribution >= 4 is 5.96 Å². The SMILES string of the molecule is CCC(C)NC(N)=NC1CC(F)(F)C1. The van der Waals surface area contributed by atoms with E-state index in [0.29, 0.717) is 0 Å². The van der Waals surface area contributed by atoms with E-state index in [2.05, 4.69) is 10.3 Å². The van der Waals surface area contributed by atoms with E-state index in [1.54, 1.807) is 0 Å². The molecule has 1 unspecified atom stereocenters. The van der Waals surface area contributed by atoms with Gasteiger partial charge >= 0.3 is 0 Å². The van der Waals surface area contributed by atoms with Gasteiger partial charge in [-0.3, -0.25) is 0 Å². The maximum atomic E-state index is 12.4. The Morgan fingerprint density at radius 2 is 2.21 bits per heavy atom. The minimum Gasteiger partial charge on any atom is -0.370 e. The number of halogens is 2. The number of guanidine groups is 1. The molecule has 82 valence electrons. The van der Waals surface area contributed by atoms with E-state index < -0.39 is 5.92 Å². The predicted octanol–water partition coefficient (Wildman–Crippen LogP) is 1.49. The first-order chi connectivity index (χ1) is 6.43. The second kappa shape index (κ2) is 4.11. The third-order valence-electron chi connectivity index (χ3n) is 2.40. The number of aliphatic imine (C=N–C) groups is 1. The van der Waals surface area contributed by atoms with Gasteiger partial charge < -0.3 is 11.1 Å². The van der Waals surface area contributed by atoms with Gasteiger partial charge in [0, 0.05) is 18.9 Å². The summed E-state index contributed by atoms with van der Waals surface area (Å²) in [6.45, 7) is 3.99. The van der Waals surface area contributed by atoms with Crippen molar-refractivity contribution in [2.45, 2.75) is 51.1 Å². The first kappa shape index (κ1) is 11.2. The zero-order chi connectivity index (χ0) is 10.8. The van der Waals surface area contributed by atoms with Crippen molar-refractivity contribution in [1.29, 1.82) is 0 Å². The highest BCUT2D eigenvalue weighted by Gasteiger charge is 2.45. The van der Waals surface area contributed by atoms with Crippen LogP contribution in [0, 0.1) is 0 Å². The summed E-state index contributed by atoms with van der Waals surface area (Å²) in [5.74, 6) is -2.25. The highest BCUT2D eigenvalue weighted by molar-refractivity contribution is 5.78. The minimum absolute atomic E-state index is 0.171. The molecular weight excluding hydrogens is 188 g/mol. The molecule has 0 heterocycles. The molecule has 1 rings (SSSR count). The summed E-state index contributed by atoms with van der Waals surface area (Å²) in [7, 11) is 0. The first-order valence-electron chi connectivity index (χ1n) is 4.90. The Bertz CT molecular complexity index is 220. The summed E-state index contributed by atoms with van der Waals surface area (Å²) in [6, 6.07) is -0.0686. The Morgan fingerprint density at radius 3 is 2.64 bits per heavy atom. The van der Waals surface area contributed by atoms with Crippen LogP contribution in [0.25, 0.3) is 0 Å². The van der Waals surface area contributed by atoms with E-state index in [-0.39, 0.29) is 30.9 Å². The van der Waals surface area contributed by atoms with E-state index in [1.165, 1.54) is 0 Å². The van der Waals surface area contributed by atoms with Crippen molar-refractivity contribution in [1.82, 2.24) is 5.32 Å². The second-order valence-corrected chi connectivity index (χ2v) is 3.89. The Balaban J connectivity index is 2.31. The molecule has 1 atom stereocenters. The largest absolute Gasteiger partial charge is 0.370 e. The summed E-state index contributed by atoms with van der Waals surface area (Å²) in [6.07, 6.45) is 0.586. The molecule has 3 nitrogen and oxygen atoms in total. The predicted molar refractivity (Wildman–Crippen MR) is 52.5 cm³/mol. The van der Waals surface area contributed by atoms with E-state index in [4.69, 9.17) is 5.73 Å². The zero-order valence-corrected chi connectivity index (χ0v) is 8.56. The summed E-state index contributed by atoms with van der Waals surface area (Å²) in [4.78, 5) is 3.97. The van der Waals surface area contributed by atoms with E-state index >= 15 is 0 Å². The normalized spacial score (nSPS) is 24.1. The van der Waals surface area contributed by atoms with Gasteiger partial charge in [0.05, 0.1) is 6.04 Å². The highest BCUT2D eigenvalue weighted by atomic mass is 19.3. The number of nitrogens with one attached hydrogen (secondary N) is 1. The smallest absolute Gasteiger partial charge is 0.252 e. The molecule has 14 heavy (non-hydrogen) atoms. The van der Waals surface area contributed by atoms with Crippen molar-refractivity contribution in [3.63, 3.8) is 0 Å². The number of alkyl halides is 2. The van der Waals surface area contributed by atoms with Gasteiger partial charge in [-0.05, 0) is 13.3 Å². The molecule has 0 amide bonds. The van der Waals surface area contributed by atoms with Crippen LogP contribution >= 0.6 is 0 Å². The Hall–Kier alpha value is -0.870. The molecule has 0 aromatic carbocycles. The quantitative estimate of drug-likeness (QED) is 0.541. The van der Waals surface area contributed by atoms with Gasteiger partial charge in [-0.2, -0.15) is 0 Å². The van der Waals surface area contributed by atoms with Crippen molar-refractivity contribution in [3.05, 3.63) is 0 Å². The van der Waals surface area contributed by atoms with Crippen molar-refractivity contribution < 1.29 is 8.78 Å². The van der Waals surface area contributed by atoms with Gasteiger partial charge in [-0.25, -0.2) is 13.8 Å². The molecule has 0 saturated heterocycles. The molecule has 5 heteroatoms. The highest BCUT2D eigenvalue weighted by Crippen LogP contribution is 2.39. The number of nitrogens with two attached hydrogens (primary N) is 1. The standard InChI is InChI=1S/C9H17F2N3/c1-3-6(2)13-8(12)14-7-4-9(10,11)5-7/h6-7H,3-5H2,1-2H3,(H3,12,13,14). The molecule has 0 aliphatic heterocycles. The van der Waals surface area contributed by atoms with Crippen LogP contribution in [0.3, 0.4) is 0 Å². The topological polar surface area (TPSA) is 50.4 Å². The van der Waals surface area contributed by atoms with Gasteiger partial charge in [-0.15, -0.1) is 0 Å². The Labute approximate surface area is 82.8 Å². The molecule has 0 spiro atoms. The summed E-state index contributed by atoms with van der Waals surface area (Å²) in [5.41, 5.74) is 5.54. The van der Waals surface area contributed by atoms with Crippen molar-refractivity contribution in [2.24, 2.45) is 10.7 Å². The van der Waals surface area contributed by atoms with E-state index in [9.17, 15) is 8.78 Å². The molecule has 1 aliphatic rings. The number of rotatable bonds is 3. The molecule has 3 N–H and O–H groups in total. The van der Waals surface area contributed by atoms with Crippen molar-refractivity contribution in [3.8, 4) is 0 Å². The molecular formula is C9H17F2N3. The lowest BCUT2D eigenvalue weighted by molar-refractivity contribution is -0.0834. The Morgan fingerprint density at radius 1 is 1.64 bits per heavy atom. The average Bonchev–Trinajstić information content (AvgIpc) is 2.00. The van der Waals surface area contributed by atoms with Crippen LogP contribution in [0.5, 0.6) is 0 Å². The van der Waals surface area contributed by atoms with Gasteiger partial charge in [0.2, 0.25) is 0 Å². The van der Waals surface area contributed by atoms with Crippen LogP contribution in [0.1, 0.15) is 33.1 Å². The minimum atomic E-state index is -2.52. The van der Waals surface area contributed by atoms with E-state index in [0.717, 1.165) is 6.42 Å².